The van der Waals surface area contributed by atoms with Gasteiger partial charge >= 0.3 is 0 Å². The summed E-state index contributed by atoms with van der Waals surface area (Å²) in [5.74, 6) is -1.34. The van der Waals surface area contributed by atoms with Crippen molar-refractivity contribution in [3.05, 3.63) is 71.3 Å². The lowest BCUT2D eigenvalue weighted by molar-refractivity contribution is -0.118. The molecular weight excluding hydrogens is 260 g/mol. The van der Waals surface area contributed by atoms with Crippen molar-refractivity contribution < 1.29 is 13.6 Å². The zero-order chi connectivity index (χ0) is 14.8. The molecule has 4 heteroatoms. The van der Waals surface area contributed by atoms with Crippen LogP contribution in [0.4, 0.5) is 8.78 Å². The quantitative estimate of drug-likeness (QED) is 0.915. The summed E-state index contributed by atoms with van der Waals surface area (Å²) in [7, 11) is 0. The van der Waals surface area contributed by atoms with Crippen molar-refractivity contribution in [2.45, 2.75) is 18.8 Å². The molecule has 0 aliphatic carbocycles. The number of carbonyl (C=O) groups excluding carboxylic acids is 1. The molecule has 0 radical (unpaired) electrons. The van der Waals surface area contributed by atoms with Gasteiger partial charge in [0.25, 0.3) is 0 Å². The molecule has 2 N–H and O–H groups in total. The first-order valence-electron chi connectivity index (χ1n) is 6.22. The Morgan fingerprint density at radius 1 is 1.05 bits per heavy atom. The van der Waals surface area contributed by atoms with Crippen LogP contribution in [0.15, 0.2) is 48.5 Å². The highest BCUT2D eigenvalue weighted by atomic mass is 19.1. The highest BCUT2D eigenvalue weighted by Crippen LogP contribution is 2.35. The lowest BCUT2D eigenvalue weighted by Crippen LogP contribution is -2.30. The minimum absolute atomic E-state index is 0.0279. The summed E-state index contributed by atoms with van der Waals surface area (Å²) in [5, 5.41) is 0. The first-order chi connectivity index (χ1) is 9.41. The Morgan fingerprint density at radius 2 is 1.50 bits per heavy atom. The largest absolute Gasteiger partial charge is 0.370 e. The van der Waals surface area contributed by atoms with Crippen LogP contribution < -0.4 is 5.73 Å². The van der Waals surface area contributed by atoms with Crippen molar-refractivity contribution in [1.82, 2.24) is 0 Å². The molecule has 2 aromatic carbocycles. The lowest BCUT2D eigenvalue weighted by atomic mass is 9.73. The molecular formula is C16H15F2NO. The van der Waals surface area contributed by atoms with Gasteiger partial charge < -0.3 is 5.73 Å². The van der Waals surface area contributed by atoms with E-state index in [2.05, 4.69) is 0 Å². The van der Waals surface area contributed by atoms with Gasteiger partial charge in [-0.2, -0.15) is 0 Å². The van der Waals surface area contributed by atoms with Gasteiger partial charge in [0, 0.05) is 11.8 Å². The van der Waals surface area contributed by atoms with Crippen molar-refractivity contribution in [3.63, 3.8) is 0 Å². The van der Waals surface area contributed by atoms with E-state index in [1.54, 1.807) is 31.2 Å². The Hall–Kier alpha value is -2.23. The number of nitrogens with two attached hydrogens (primary N) is 1. The number of primary amides is 1. The topological polar surface area (TPSA) is 43.1 Å². The zero-order valence-corrected chi connectivity index (χ0v) is 11.1. The van der Waals surface area contributed by atoms with E-state index < -0.39 is 23.0 Å². The summed E-state index contributed by atoms with van der Waals surface area (Å²) in [6, 6.07) is 11.8. The SMILES string of the molecule is CC(CC(N)=O)(c1cccc(F)c1)c1cccc(F)c1. The van der Waals surface area contributed by atoms with Crippen molar-refractivity contribution >= 4 is 5.91 Å². The van der Waals surface area contributed by atoms with E-state index in [0.29, 0.717) is 11.1 Å². The fourth-order valence-electron chi connectivity index (χ4n) is 2.38. The van der Waals surface area contributed by atoms with Crippen LogP contribution in [-0.2, 0) is 10.2 Å². The monoisotopic (exact) mass is 275 g/mol. The van der Waals surface area contributed by atoms with E-state index in [1.165, 1.54) is 24.3 Å². The predicted molar refractivity (Wildman–Crippen MR) is 73.1 cm³/mol. The number of halogens is 2. The fraction of sp³-hybridized carbons (Fsp3) is 0.188. The summed E-state index contributed by atoms with van der Waals surface area (Å²) in [4.78, 5) is 11.4. The molecule has 0 unspecified atom stereocenters. The predicted octanol–water partition coefficient (Wildman–Crippen LogP) is 3.15. The minimum atomic E-state index is -0.865. The maximum Gasteiger partial charge on any atom is 0.218 e. The van der Waals surface area contributed by atoms with Crippen LogP contribution in [0.1, 0.15) is 24.5 Å². The lowest BCUT2D eigenvalue weighted by Gasteiger charge is -2.30. The summed E-state index contributed by atoms with van der Waals surface area (Å²) < 4.78 is 26.9. The number of rotatable bonds is 4. The van der Waals surface area contributed by atoms with Crippen LogP contribution in [0, 0.1) is 11.6 Å². The second-order valence-corrected chi connectivity index (χ2v) is 5.00. The third-order valence-electron chi connectivity index (χ3n) is 3.45. The number of benzene rings is 2. The smallest absolute Gasteiger partial charge is 0.218 e. The molecule has 2 aromatic rings. The normalized spacial score (nSPS) is 11.3. The van der Waals surface area contributed by atoms with Crippen LogP contribution in [0.25, 0.3) is 0 Å². The molecule has 1 amide bonds. The first kappa shape index (κ1) is 14.2. The fourth-order valence-corrected chi connectivity index (χ4v) is 2.38. The number of amides is 1. The average molecular weight is 275 g/mol. The summed E-state index contributed by atoms with van der Waals surface area (Å²) in [6.45, 7) is 1.75. The third kappa shape index (κ3) is 2.85. The van der Waals surface area contributed by atoms with Gasteiger partial charge in [-0.25, -0.2) is 8.78 Å². The second-order valence-electron chi connectivity index (χ2n) is 5.00. The van der Waals surface area contributed by atoms with Crippen LogP contribution in [0.5, 0.6) is 0 Å². The summed E-state index contributed by atoms with van der Waals surface area (Å²) >= 11 is 0. The summed E-state index contributed by atoms with van der Waals surface area (Å²) in [5.41, 5.74) is 5.61. The molecule has 20 heavy (non-hydrogen) atoms. The van der Waals surface area contributed by atoms with Crippen molar-refractivity contribution in [2.24, 2.45) is 5.73 Å². The second kappa shape index (κ2) is 5.41. The van der Waals surface area contributed by atoms with E-state index in [9.17, 15) is 13.6 Å². The van der Waals surface area contributed by atoms with Gasteiger partial charge in [-0.15, -0.1) is 0 Å². The van der Waals surface area contributed by atoms with Crippen molar-refractivity contribution in [2.75, 3.05) is 0 Å². The van der Waals surface area contributed by atoms with E-state index in [0.717, 1.165) is 0 Å². The van der Waals surface area contributed by atoms with E-state index in [4.69, 9.17) is 5.73 Å². The molecule has 0 saturated carbocycles. The molecule has 0 saturated heterocycles. The Balaban J connectivity index is 2.58. The Kier molecular flexibility index (Phi) is 3.84. The molecule has 0 atom stereocenters. The van der Waals surface area contributed by atoms with Crippen LogP contribution >= 0.6 is 0 Å². The zero-order valence-electron chi connectivity index (χ0n) is 11.1. The first-order valence-corrected chi connectivity index (χ1v) is 6.22. The molecule has 0 aliphatic heterocycles. The molecule has 2 nitrogen and oxygen atoms in total. The number of carbonyl (C=O) groups is 1. The molecule has 0 heterocycles. The summed E-state index contributed by atoms with van der Waals surface area (Å²) in [6.07, 6.45) is -0.0279. The molecule has 0 fully saturated rings. The molecule has 0 spiro atoms. The Labute approximate surface area is 116 Å². The number of hydrogen-bond acceptors (Lipinski definition) is 1. The van der Waals surface area contributed by atoms with Gasteiger partial charge in [0.1, 0.15) is 11.6 Å². The van der Waals surface area contributed by atoms with Gasteiger partial charge in [-0.3, -0.25) is 4.79 Å². The van der Waals surface area contributed by atoms with Gasteiger partial charge in [0.2, 0.25) is 5.91 Å². The van der Waals surface area contributed by atoms with E-state index >= 15 is 0 Å². The standard InChI is InChI=1S/C16H15F2NO/c1-16(10-15(19)20,11-4-2-6-13(17)8-11)12-5-3-7-14(18)9-12/h2-9H,10H2,1H3,(H2,19,20). The van der Waals surface area contributed by atoms with Gasteiger partial charge in [0.15, 0.2) is 0 Å². The molecule has 0 aliphatic rings. The minimum Gasteiger partial charge on any atom is -0.370 e. The molecule has 2 rings (SSSR count). The van der Waals surface area contributed by atoms with Crippen molar-refractivity contribution in [3.8, 4) is 0 Å². The van der Waals surface area contributed by atoms with E-state index in [-0.39, 0.29) is 6.42 Å². The molecule has 0 aromatic heterocycles. The highest BCUT2D eigenvalue weighted by Gasteiger charge is 2.31. The highest BCUT2D eigenvalue weighted by molar-refractivity contribution is 5.76. The van der Waals surface area contributed by atoms with E-state index in [1.807, 2.05) is 0 Å². The Bertz CT molecular complexity index is 594. The van der Waals surface area contributed by atoms with Crippen LogP contribution in [-0.4, -0.2) is 5.91 Å². The Morgan fingerprint density at radius 3 is 1.85 bits per heavy atom. The van der Waals surface area contributed by atoms with Gasteiger partial charge in [-0.05, 0) is 35.4 Å². The average Bonchev–Trinajstić information content (AvgIpc) is 2.38. The van der Waals surface area contributed by atoms with Gasteiger partial charge in [-0.1, -0.05) is 31.2 Å². The van der Waals surface area contributed by atoms with Gasteiger partial charge in [0.05, 0.1) is 0 Å². The molecule has 0 bridgehead atoms. The molecule has 104 valence electrons. The third-order valence-corrected chi connectivity index (χ3v) is 3.45. The maximum atomic E-state index is 13.4. The number of hydrogen-bond donors (Lipinski definition) is 1. The maximum absolute atomic E-state index is 13.4. The van der Waals surface area contributed by atoms with Crippen LogP contribution in [0.3, 0.4) is 0 Å². The van der Waals surface area contributed by atoms with Crippen LogP contribution in [0.2, 0.25) is 0 Å². The van der Waals surface area contributed by atoms with Crippen molar-refractivity contribution in [1.29, 1.82) is 0 Å².